The number of thioether (sulfide) groups is 1. The fraction of sp³-hybridized carbons (Fsp3) is 0.368. The second-order valence-corrected chi connectivity index (χ2v) is 8.89. The number of carbonyl (C=O) groups excluding carboxylic acids is 2. The van der Waals surface area contributed by atoms with Gasteiger partial charge in [-0.1, -0.05) is 17.8 Å². The lowest BCUT2D eigenvalue weighted by Crippen LogP contribution is -2.24. The number of nitrogens with zero attached hydrogens (tertiary/aromatic N) is 2. The van der Waals surface area contributed by atoms with Gasteiger partial charge in [0.05, 0.1) is 30.9 Å². The lowest BCUT2D eigenvalue weighted by Gasteiger charge is -2.11. The molecule has 0 unspecified atom stereocenters. The number of ether oxygens (including phenoxy) is 2. The summed E-state index contributed by atoms with van der Waals surface area (Å²) in [5.74, 6) is -0.785. The quantitative estimate of drug-likeness (QED) is 0.292. The molecule has 0 fully saturated rings. The van der Waals surface area contributed by atoms with Crippen molar-refractivity contribution in [3.8, 4) is 0 Å². The zero-order valence-electron chi connectivity index (χ0n) is 16.2. The van der Waals surface area contributed by atoms with E-state index in [0.717, 1.165) is 28.0 Å². The lowest BCUT2D eigenvalue weighted by atomic mass is 10.2. The van der Waals surface area contributed by atoms with E-state index in [9.17, 15) is 14.4 Å². The van der Waals surface area contributed by atoms with Crippen molar-refractivity contribution in [2.45, 2.75) is 32.5 Å². The molecule has 0 radical (unpaired) electrons. The summed E-state index contributed by atoms with van der Waals surface area (Å²) in [5.41, 5.74) is 0.335. The highest BCUT2D eigenvalue weighted by Crippen LogP contribution is 2.30. The van der Waals surface area contributed by atoms with Crippen LogP contribution in [0, 0.1) is 6.92 Å². The van der Waals surface area contributed by atoms with Crippen molar-refractivity contribution in [2.75, 3.05) is 19.0 Å². The fourth-order valence-electron chi connectivity index (χ4n) is 2.72. The van der Waals surface area contributed by atoms with Crippen LogP contribution in [0.2, 0.25) is 0 Å². The molecule has 0 aliphatic heterocycles. The predicted octanol–water partition coefficient (Wildman–Crippen LogP) is 3.71. The van der Waals surface area contributed by atoms with E-state index in [1.807, 2.05) is 17.5 Å². The van der Waals surface area contributed by atoms with Crippen molar-refractivity contribution in [3.63, 3.8) is 0 Å². The molecule has 154 valence electrons. The third-order valence-electron chi connectivity index (χ3n) is 3.99. The Morgan fingerprint density at radius 1 is 1.24 bits per heavy atom. The standard InChI is InChI=1S/C19H20N2O5S3/c1-4-25-13(22)10-28-19-20-16-14(11(3)15(29-16)18(24)26-5-2)17(23)21(19)9-12-7-6-8-27-12/h6-8H,4-5,9-10H2,1-3H3. The molecule has 0 saturated heterocycles. The number of fused-ring (bicyclic) bond motifs is 1. The van der Waals surface area contributed by atoms with Gasteiger partial charge < -0.3 is 9.47 Å². The van der Waals surface area contributed by atoms with Crippen molar-refractivity contribution in [2.24, 2.45) is 0 Å². The molecule has 0 atom stereocenters. The smallest absolute Gasteiger partial charge is 0.348 e. The Balaban J connectivity index is 2.09. The molecule has 3 heterocycles. The lowest BCUT2D eigenvalue weighted by molar-refractivity contribution is -0.139. The topological polar surface area (TPSA) is 87.5 Å². The zero-order chi connectivity index (χ0) is 21.0. The van der Waals surface area contributed by atoms with Crippen molar-refractivity contribution in [1.29, 1.82) is 0 Å². The number of aromatic nitrogens is 2. The number of aryl methyl sites for hydroxylation is 1. The maximum atomic E-state index is 13.3. The molecular weight excluding hydrogens is 432 g/mol. The molecule has 0 saturated carbocycles. The van der Waals surface area contributed by atoms with Gasteiger partial charge in [-0.3, -0.25) is 14.2 Å². The van der Waals surface area contributed by atoms with E-state index in [1.54, 1.807) is 25.3 Å². The van der Waals surface area contributed by atoms with Crippen LogP contribution in [0.5, 0.6) is 0 Å². The third kappa shape index (κ3) is 4.71. The van der Waals surface area contributed by atoms with Crippen molar-refractivity contribution < 1.29 is 19.1 Å². The number of hydrogen-bond donors (Lipinski definition) is 0. The first-order valence-electron chi connectivity index (χ1n) is 8.98. The Hall–Kier alpha value is -2.17. The molecule has 0 amide bonds. The van der Waals surface area contributed by atoms with E-state index < -0.39 is 5.97 Å². The molecule has 7 nitrogen and oxygen atoms in total. The van der Waals surface area contributed by atoms with Crippen molar-refractivity contribution >= 4 is 56.6 Å². The Kier molecular flexibility index (Phi) is 7.09. The van der Waals surface area contributed by atoms with E-state index in [-0.39, 0.29) is 23.9 Å². The van der Waals surface area contributed by atoms with Gasteiger partial charge in [-0.05, 0) is 37.8 Å². The van der Waals surface area contributed by atoms with Crippen LogP contribution in [0.25, 0.3) is 10.2 Å². The minimum absolute atomic E-state index is 0.0469. The molecule has 0 N–H and O–H groups in total. The summed E-state index contributed by atoms with van der Waals surface area (Å²) >= 11 is 3.82. The molecule has 10 heteroatoms. The minimum atomic E-state index is -0.460. The fourth-order valence-corrected chi connectivity index (χ4v) is 5.33. The Morgan fingerprint density at radius 2 is 2.00 bits per heavy atom. The molecule has 3 aromatic heterocycles. The zero-order valence-corrected chi connectivity index (χ0v) is 18.7. The van der Waals surface area contributed by atoms with E-state index in [4.69, 9.17) is 9.47 Å². The predicted molar refractivity (Wildman–Crippen MR) is 115 cm³/mol. The summed E-state index contributed by atoms with van der Waals surface area (Å²) in [6, 6.07) is 3.85. The van der Waals surface area contributed by atoms with Gasteiger partial charge in [-0.25, -0.2) is 9.78 Å². The van der Waals surface area contributed by atoms with E-state index in [1.165, 1.54) is 11.3 Å². The Morgan fingerprint density at radius 3 is 2.66 bits per heavy atom. The van der Waals surface area contributed by atoms with E-state index in [0.29, 0.717) is 39.0 Å². The first-order valence-corrected chi connectivity index (χ1v) is 11.7. The summed E-state index contributed by atoms with van der Waals surface area (Å²) in [7, 11) is 0. The van der Waals surface area contributed by atoms with Gasteiger partial charge in [0, 0.05) is 4.88 Å². The number of thiophene rings is 2. The van der Waals surface area contributed by atoms with Gasteiger partial charge in [0.2, 0.25) is 0 Å². The largest absolute Gasteiger partial charge is 0.465 e. The van der Waals surface area contributed by atoms with Gasteiger partial charge >= 0.3 is 11.9 Å². The minimum Gasteiger partial charge on any atom is -0.465 e. The molecule has 3 rings (SSSR count). The van der Waals surface area contributed by atoms with Crippen LogP contribution in [0.4, 0.5) is 0 Å². The van der Waals surface area contributed by atoms with Crippen LogP contribution in [-0.4, -0.2) is 40.5 Å². The summed E-state index contributed by atoms with van der Waals surface area (Å²) in [4.78, 5) is 43.8. The average molecular weight is 453 g/mol. The van der Waals surface area contributed by atoms with Gasteiger partial charge in [-0.2, -0.15) is 0 Å². The Bertz CT molecular complexity index is 1090. The summed E-state index contributed by atoms with van der Waals surface area (Å²) in [6.07, 6.45) is 0. The van der Waals surface area contributed by atoms with E-state index >= 15 is 0 Å². The molecule has 0 aliphatic carbocycles. The number of hydrogen-bond acceptors (Lipinski definition) is 9. The SMILES string of the molecule is CCOC(=O)CSc1nc2sc(C(=O)OCC)c(C)c2c(=O)n1Cc1cccs1. The summed E-state index contributed by atoms with van der Waals surface area (Å²) in [6.45, 7) is 6.09. The third-order valence-corrected chi connectivity index (χ3v) is 6.97. The Labute approximate surface area is 179 Å². The monoisotopic (exact) mass is 452 g/mol. The van der Waals surface area contributed by atoms with Gasteiger partial charge in [-0.15, -0.1) is 22.7 Å². The molecule has 0 aromatic carbocycles. The van der Waals surface area contributed by atoms with Crippen LogP contribution in [0.1, 0.15) is 34.0 Å². The highest BCUT2D eigenvalue weighted by Gasteiger charge is 2.23. The van der Waals surface area contributed by atoms with Crippen LogP contribution in [-0.2, 0) is 20.8 Å². The normalized spacial score (nSPS) is 11.0. The van der Waals surface area contributed by atoms with Crippen LogP contribution in [0.3, 0.4) is 0 Å². The second-order valence-electron chi connectivity index (χ2n) is 5.92. The first kappa shape index (κ1) is 21.5. The van der Waals surface area contributed by atoms with Gasteiger partial charge in [0.1, 0.15) is 9.71 Å². The van der Waals surface area contributed by atoms with Crippen LogP contribution < -0.4 is 5.56 Å². The highest BCUT2D eigenvalue weighted by atomic mass is 32.2. The van der Waals surface area contributed by atoms with Gasteiger partial charge in [0.15, 0.2) is 5.16 Å². The molecule has 3 aromatic rings. The summed E-state index contributed by atoms with van der Waals surface area (Å²) < 4.78 is 11.6. The average Bonchev–Trinajstić information content (AvgIpc) is 3.31. The van der Waals surface area contributed by atoms with Crippen molar-refractivity contribution in [3.05, 3.63) is 43.2 Å². The first-order chi connectivity index (χ1) is 14.0. The number of carbonyl (C=O) groups is 2. The molecule has 0 spiro atoms. The molecule has 0 aliphatic rings. The highest BCUT2D eigenvalue weighted by molar-refractivity contribution is 7.99. The van der Waals surface area contributed by atoms with Crippen LogP contribution in [0.15, 0.2) is 27.5 Å². The van der Waals surface area contributed by atoms with Crippen LogP contribution >= 0.6 is 34.4 Å². The van der Waals surface area contributed by atoms with Gasteiger partial charge in [0.25, 0.3) is 5.56 Å². The number of rotatable bonds is 8. The van der Waals surface area contributed by atoms with Crippen molar-refractivity contribution in [1.82, 2.24) is 9.55 Å². The summed E-state index contributed by atoms with van der Waals surface area (Å²) in [5, 5.41) is 2.77. The molecule has 29 heavy (non-hydrogen) atoms. The molecule has 0 bridgehead atoms. The maximum absolute atomic E-state index is 13.3. The van der Waals surface area contributed by atoms with E-state index in [2.05, 4.69) is 4.98 Å². The molecular formula is C19H20N2O5S3. The number of esters is 2. The second kappa shape index (κ2) is 9.55. The maximum Gasteiger partial charge on any atom is 0.348 e.